The minimum Gasteiger partial charge on any atom is -0.340 e. The predicted octanol–water partition coefficient (Wildman–Crippen LogP) is 1.74. The molecule has 0 aromatic heterocycles. The van der Waals surface area contributed by atoms with Crippen LogP contribution >= 0.6 is 23.2 Å². The molecular weight excluding hydrogens is 249 g/mol. The lowest BCUT2D eigenvalue weighted by Gasteiger charge is -2.10. The Kier molecular flexibility index (Phi) is 3.03. The normalized spacial score (nSPS) is 22.1. The van der Waals surface area contributed by atoms with Gasteiger partial charge in [-0.25, -0.2) is 0 Å². The molecule has 1 saturated heterocycles. The summed E-state index contributed by atoms with van der Waals surface area (Å²) in [5.41, 5.74) is 0.644. The van der Waals surface area contributed by atoms with Crippen molar-refractivity contribution >= 4 is 35.1 Å². The van der Waals surface area contributed by atoms with Gasteiger partial charge in [-0.3, -0.25) is 15.1 Å². The van der Waals surface area contributed by atoms with Gasteiger partial charge in [0.05, 0.1) is 10.0 Å². The molecule has 0 radical (unpaired) electrons. The van der Waals surface area contributed by atoms with Crippen LogP contribution in [-0.2, 0) is 4.79 Å². The lowest BCUT2D eigenvalue weighted by molar-refractivity contribution is -0.120. The van der Waals surface area contributed by atoms with Gasteiger partial charge in [0, 0.05) is 12.6 Å². The van der Waals surface area contributed by atoms with Gasteiger partial charge in [-0.15, -0.1) is 0 Å². The van der Waals surface area contributed by atoms with Gasteiger partial charge in [0.1, 0.15) is 6.04 Å². The molecular formula is C10H9Cl2N3O. The fourth-order valence-electron chi connectivity index (χ4n) is 1.51. The molecule has 0 saturated carbocycles. The Hall–Kier alpha value is -1.26. The van der Waals surface area contributed by atoms with Crippen LogP contribution in [-0.4, -0.2) is 18.9 Å². The Labute approximate surface area is 103 Å². The third kappa shape index (κ3) is 1.86. The summed E-state index contributed by atoms with van der Waals surface area (Å²) < 4.78 is 0. The van der Waals surface area contributed by atoms with E-state index in [1.54, 1.807) is 25.2 Å². The number of aliphatic imine (C=N–C) groups is 1. The minimum absolute atomic E-state index is 0.190. The van der Waals surface area contributed by atoms with Crippen molar-refractivity contribution < 1.29 is 4.79 Å². The van der Waals surface area contributed by atoms with E-state index in [9.17, 15) is 4.79 Å². The van der Waals surface area contributed by atoms with Crippen molar-refractivity contribution in [2.75, 3.05) is 7.05 Å². The molecule has 84 valence electrons. The lowest BCUT2D eigenvalue weighted by Crippen LogP contribution is -2.24. The standard InChI is InChI=1S/C10H9Cl2N3O/c1-13-10-14-8(9(16)15-10)5-3-2-4-6(11)7(5)12/h2-4,8H,1H3,(H2,13,14,15,16). The molecule has 0 bridgehead atoms. The van der Waals surface area contributed by atoms with E-state index in [2.05, 4.69) is 15.6 Å². The number of halogens is 2. The summed E-state index contributed by atoms with van der Waals surface area (Å²) in [6.07, 6.45) is 0. The largest absolute Gasteiger partial charge is 0.340 e. The zero-order valence-electron chi connectivity index (χ0n) is 8.42. The molecule has 1 aliphatic rings. The lowest BCUT2D eigenvalue weighted by atomic mass is 10.1. The zero-order valence-corrected chi connectivity index (χ0v) is 9.93. The number of rotatable bonds is 1. The van der Waals surface area contributed by atoms with Crippen LogP contribution in [0.4, 0.5) is 0 Å². The predicted molar refractivity (Wildman–Crippen MR) is 63.8 cm³/mol. The average molecular weight is 258 g/mol. The highest BCUT2D eigenvalue weighted by atomic mass is 35.5. The molecule has 1 fully saturated rings. The Balaban J connectivity index is 2.39. The Bertz CT molecular complexity index is 473. The van der Waals surface area contributed by atoms with Gasteiger partial charge < -0.3 is 5.32 Å². The highest BCUT2D eigenvalue weighted by Gasteiger charge is 2.31. The Morgan fingerprint density at radius 1 is 1.38 bits per heavy atom. The van der Waals surface area contributed by atoms with Gasteiger partial charge in [-0.1, -0.05) is 35.3 Å². The molecule has 2 rings (SSSR count). The van der Waals surface area contributed by atoms with Gasteiger partial charge in [0.25, 0.3) is 5.91 Å². The summed E-state index contributed by atoms with van der Waals surface area (Å²) in [4.78, 5) is 15.5. The molecule has 6 heteroatoms. The van der Waals surface area contributed by atoms with Crippen molar-refractivity contribution in [3.05, 3.63) is 33.8 Å². The first-order chi connectivity index (χ1) is 7.63. The fourth-order valence-corrected chi connectivity index (χ4v) is 1.93. The van der Waals surface area contributed by atoms with Gasteiger partial charge >= 0.3 is 0 Å². The summed E-state index contributed by atoms with van der Waals surface area (Å²) in [5, 5.41) is 6.33. The van der Waals surface area contributed by atoms with E-state index in [-0.39, 0.29) is 5.91 Å². The number of guanidine groups is 1. The van der Waals surface area contributed by atoms with Crippen LogP contribution < -0.4 is 10.6 Å². The van der Waals surface area contributed by atoms with Crippen molar-refractivity contribution in [2.24, 2.45) is 4.99 Å². The number of carbonyl (C=O) groups excluding carboxylic acids is 1. The van der Waals surface area contributed by atoms with Crippen LogP contribution in [0, 0.1) is 0 Å². The number of hydrogen-bond donors (Lipinski definition) is 2. The molecule has 1 unspecified atom stereocenters. The average Bonchev–Trinajstić information content (AvgIpc) is 2.64. The van der Waals surface area contributed by atoms with E-state index >= 15 is 0 Å². The number of hydrogen-bond acceptors (Lipinski definition) is 2. The maximum atomic E-state index is 11.7. The number of amides is 1. The zero-order chi connectivity index (χ0) is 11.7. The van der Waals surface area contributed by atoms with Gasteiger partial charge in [0.2, 0.25) is 0 Å². The van der Waals surface area contributed by atoms with Crippen LogP contribution in [0.15, 0.2) is 23.2 Å². The van der Waals surface area contributed by atoms with Crippen molar-refractivity contribution in [1.29, 1.82) is 0 Å². The second-order valence-electron chi connectivity index (χ2n) is 3.28. The van der Waals surface area contributed by atoms with E-state index < -0.39 is 6.04 Å². The summed E-state index contributed by atoms with van der Waals surface area (Å²) in [6.45, 7) is 0. The third-order valence-corrected chi connectivity index (χ3v) is 3.13. The SMILES string of the molecule is CN=C1NC(=O)C(c2cccc(Cl)c2Cl)N1. The topological polar surface area (TPSA) is 53.5 Å². The summed E-state index contributed by atoms with van der Waals surface area (Å²) in [6, 6.07) is 4.64. The summed E-state index contributed by atoms with van der Waals surface area (Å²) in [7, 11) is 1.59. The molecule has 1 aliphatic heterocycles. The molecule has 1 heterocycles. The molecule has 1 aromatic carbocycles. The quantitative estimate of drug-likeness (QED) is 0.806. The molecule has 1 amide bonds. The second kappa shape index (κ2) is 4.31. The first kappa shape index (κ1) is 11.2. The Morgan fingerprint density at radius 2 is 2.12 bits per heavy atom. The molecule has 2 N–H and O–H groups in total. The number of carbonyl (C=O) groups is 1. The summed E-state index contributed by atoms with van der Waals surface area (Å²) >= 11 is 11.9. The minimum atomic E-state index is -0.537. The monoisotopic (exact) mass is 257 g/mol. The highest BCUT2D eigenvalue weighted by molar-refractivity contribution is 6.42. The van der Waals surface area contributed by atoms with E-state index in [0.29, 0.717) is 21.6 Å². The molecule has 4 nitrogen and oxygen atoms in total. The van der Waals surface area contributed by atoms with Crippen LogP contribution in [0.2, 0.25) is 10.0 Å². The highest BCUT2D eigenvalue weighted by Crippen LogP contribution is 2.30. The smallest absolute Gasteiger partial charge is 0.253 e. The molecule has 16 heavy (non-hydrogen) atoms. The maximum absolute atomic E-state index is 11.7. The third-order valence-electron chi connectivity index (χ3n) is 2.30. The van der Waals surface area contributed by atoms with Gasteiger partial charge in [-0.05, 0) is 6.07 Å². The number of nitrogens with one attached hydrogen (secondary N) is 2. The van der Waals surface area contributed by atoms with Gasteiger partial charge in [-0.2, -0.15) is 0 Å². The molecule has 1 atom stereocenters. The van der Waals surface area contributed by atoms with Crippen molar-refractivity contribution in [2.45, 2.75) is 6.04 Å². The van der Waals surface area contributed by atoms with E-state index in [0.717, 1.165) is 0 Å². The van der Waals surface area contributed by atoms with E-state index in [1.807, 2.05) is 0 Å². The van der Waals surface area contributed by atoms with E-state index in [1.165, 1.54) is 0 Å². The van der Waals surface area contributed by atoms with Crippen LogP contribution in [0.3, 0.4) is 0 Å². The molecule has 0 aliphatic carbocycles. The van der Waals surface area contributed by atoms with Gasteiger partial charge in [0.15, 0.2) is 5.96 Å². The van der Waals surface area contributed by atoms with Crippen LogP contribution in [0.25, 0.3) is 0 Å². The van der Waals surface area contributed by atoms with Crippen LogP contribution in [0.1, 0.15) is 11.6 Å². The molecule has 1 aromatic rings. The van der Waals surface area contributed by atoms with E-state index in [4.69, 9.17) is 23.2 Å². The first-order valence-corrected chi connectivity index (χ1v) is 5.37. The Morgan fingerprint density at radius 3 is 2.75 bits per heavy atom. The fraction of sp³-hybridized carbons (Fsp3) is 0.200. The van der Waals surface area contributed by atoms with Crippen molar-refractivity contribution in [3.63, 3.8) is 0 Å². The van der Waals surface area contributed by atoms with Crippen molar-refractivity contribution in [3.8, 4) is 0 Å². The van der Waals surface area contributed by atoms with Crippen molar-refractivity contribution in [1.82, 2.24) is 10.6 Å². The summed E-state index contributed by atoms with van der Waals surface area (Å²) in [5.74, 6) is 0.246. The number of nitrogens with zero attached hydrogens (tertiary/aromatic N) is 1. The molecule has 0 spiro atoms. The first-order valence-electron chi connectivity index (χ1n) is 4.61. The number of benzene rings is 1. The van der Waals surface area contributed by atoms with Crippen LogP contribution in [0.5, 0.6) is 0 Å². The maximum Gasteiger partial charge on any atom is 0.253 e. The second-order valence-corrected chi connectivity index (χ2v) is 4.07.